The maximum absolute atomic E-state index is 15.8. The molecule has 59 heavy (non-hydrogen) atoms. The number of carbonyl (C=O) groups excluding carboxylic acids is 1. The van der Waals surface area contributed by atoms with E-state index < -0.39 is 53.7 Å². The number of amides is 1. The Balaban J connectivity index is 0.000000226. The predicted molar refractivity (Wildman–Crippen MR) is 202 cm³/mol. The lowest BCUT2D eigenvalue weighted by atomic mass is 9.84. The number of benzene rings is 3. The molecule has 1 amide bonds. The first-order chi connectivity index (χ1) is 27.7. The van der Waals surface area contributed by atoms with Crippen LogP contribution in [-0.4, -0.2) is 58.8 Å². The number of aromatic nitrogens is 7. The van der Waals surface area contributed by atoms with Gasteiger partial charge in [-0.3, -0.25) is 14.5 Å². The van der Waals surface area contributed by atoms with Crippen LogP contribution in [0.15, 0.2) is 91.5 Å². The van der Waals surface area contributed by atoms with Crippen molar-refractivity contribution in [1.82, 2.24) is 35.0 Å². The molecule has 310 valence electrons. The van der Waals surface area contributed by atoms with Crippen LogP contribution in [0.1, 0.15) is 71.5 Å². The summed E-state index contributed by atoms with van der Waals surface area (Å²) in [5.74, 6) is -6.37. The number of carbonyl (C=O) groups is 1. The Morgan fingerprint density at radius 1 is 1.00 bits per heavy atom. The lowest BCUT2D eigenvalue weighted by molar-refractivity contribution is -0.207. The minimum absolute atomic E-state index is 0.0498. The minimum atomic E-state index is -4.51. The normalized spacial score (nSPS) is 15.8. The number of hydrogen-bond donors (Lipinski definition) is 2. The van der Waals surface area contributed by atoms with Crippen LogP contribution in [-0.2, 0) is 30.5 Å². The molecule has 11 nitrogen and oxygen atoms in total. The van der Waals surface area contributed by atoms with E-state index in [0.29, 0.717) is 34.7 Å². The van der Waals surface area contributed by atoms with Crippen LogP contribution in [0.2, 0.25) is 0 Å². The molecule has 1 aliphatic carbocycles. The molecule has 0 radical (unpaired) electrons. The van der Waals surface area contributed by atoms with E-state index in [1.807, 2.05) is 26.1 Å². The molecular weight excluding hydrogens is 785 g/mol. The lowest BCUT2D eigenvalue weighted by Crippen LogP contribution is -2.48. The quantitative estimate of drug-likeness (QED) is 0.132. The van der Waals surface area contributed by atoms with Crippen LogP contribution < -0.4 is 10.1 Å². The molecule has 2 unspecified atom stereocenters. The van der Waals surface area contributed by atoms with Crippen LogP contribution in [0.25, 0.3) is 11.1 Å². The molecule has 18 heteroatoms. The second kappa shape index (κ2) is 16.2. The van der Waals surface area contributed by atoms with Crippen molar-refractivity contribution in [3.63, 3.8) is 0 Å². The number of ether oxygens (including phenoxy) is 1. The summed E-state index contributed by atoms with van der Waals surface area (Å²) < 4.78 is 103. The molecule has 2 atom stereocenters. The number of pyridine rings is 1. The number of alkyl halides is 5. The molecule has 6 aromatic rings. The molecule has 3 aromatic carbocycles. The molecule has 0 saturated heterocycles. The molecule has 0 spiro atoms. The highest BCUT2D eigenvalue weighted by molar-refractivity contribution is 6.05. The van der Waals surface area contributed by atoms with Crippen molar-refractivity contribution in [2.24, 2.45) is 7.05 Å². The maximum atomic E-state index is 15.8. The topological polar surface area (TPSA) is 133 Å². The number of fused-ring (bicyclic) bond motifs is 1. The largest absolute Gasteiger partial charge is 0.484 e. The number of halogens is 7. The Labute approximate surface area is 333 Å². The van der Waals surface area contributed by atoms with Gasteiger partial charge in [0.2, 0.25) is 0 Å². The van der Waals surface area contributed by atoms with Gasteiger partial charge in [-0.1, -0.05) is 51.1 Å². The van der Waals surface area contributed by atoms with E-state index in [1.165, 1.54) is 41.5 Å². The molecule has 1 aliphatic rings. The van der Waals surface area contributed by atoms with Gasteiger partial charge in [0.05, 0.1) is 17.8 Å². The van der Waals surface area contributed by atoms with Gasteiger partial charge >= 0.3 is 12.1 Å². The zero-order chi connectivity index (χ0) is 42.9. The van der Waals surface area contributed by atoms with E-state index in [9.17, 15) is 31.9 Å². The smallest absolute Gasteiger partial charge is 0.422 e. The monoisotopic (exact) mass is 824 g/mol. The third kappa shape index (κ3) is 9.11. The van der Waals surface area contributed by atoms with Crippen LogP contribution >= 0.6 is 0 Å². The van der Waals surface area contributed by atoms with Crippen molar-refractivity contribution in [3.05, 3.63) is 137 Å². The van der Waals surface area contributed by atoms with Crippen molar-refractivity contribution in [2.45, 2.75) is 69.7 Å². The molecule has 0 bridgehead atoms. The summed E-state index contributed by atoms with van der Waals surface area (Å²) in [5.41, 5.74) is 0.716. The van der Waals surface area contributed by atoms with Crippen molar-refractivity contribution in [3.8, 4) is 16.9 Å². The SMILES string of the molecule is Cc1nn(C)cc1C(=O)Nc1cccc2c1C(C)CC2(C)C.OC(Cn1cnnn1)(c1ccc(F)cc1F)C(F)(F)c1ccc(-c2ccc(OCC(F)(F)F)cc2)cn1. The Morgan fingerprint density at radius 2 is 1.71 bits per heavy atom. The summed E-state index contributed by atoms with van der Waals surface area (Å²) in [4.78, 5) is 16.3. The molecule has 0 aliphatic heterocycles. The Hall–Kier alpha value is -6.17. The number of hydrogen-bond acceptors (Lipinski definition) is 8. The minimum Gasteiger partial charge on any atom is -0.484 e. The number of aliphatic hydroxyl groups is 1. The number of aryl methyl sites for hydroxylation is 2. The van der Waals surface area contributed by atoms with Gasteiger partial charge in [-0.25, -0.2) is 13.5 Å². The molecule has 3 aromatic heterocycles. The van der Waals surface area contributed by atoms with Crippen molar-refractivity contribution >= 4 is 11.6 Å². The highest BCUT2D eigenvalue weighted by Gasteiger charge is 2.58. The summed E-state index contributed by atoms with van der Waals surface area (Å²) >= 11 is 0. The fourth-order valence-corrected chi connectivity index (χ4v) is 7.32. The Morgan fingerprint density at radius 3 is 2.31 bits per heavy atom. The third-order valence-corrected chi connectivity index (χ3v) is 10.0. The fourth-order valence-electron chi connectivity index (χ4n) is 7.32. The maximum Gasteiger partial charge on any atom is 0.422 e. The molecule has 7 rings (SSSR count). The van der Waals surface area contributed by atoms with E-state index in [4.69, 9.17) is 0 Å². The van der Waals surface area contributed by atoms with Gasteiger partial charge in [-0.05, 0) is 88.2 Å². The Bertz CT molecular complexity index is 2420. The number of nitrogens with one attached hydrogen (secondary N) is 1. The van der Waals surface area contributed by atoms with Gasteiger partial charge in [0.1, 0.15) is 29.4 Å². The first-order valence-electron chi connectivity index (χ1n) is 18.2. The first-order valence-corrected chi connectivity index (χ1v) is 18.2. The van der Waals surface area contributed by atoms with Gasteiger partial charge in [0.25, 0.3) is 5.91 Å². The zero-order valence-electron chi connectivity index (χ0n) is 32.4. The highest BCUT2D eigenvalue weighted by atomic mass is 19.4. The summed E-state index contributed by atoms with van der Waals surface area (Å²) in [6.07, 6.45) is 0.351. The van der Waals surface area contributed by atoms with Gasteiger partial charge in [0.15, 0.2) is 12.2 Å². The van der Waals surface area contributed by atoms with Crippen molar-refractivity contribution < 1.29 is 45.4 Å². The van der Waals surface area contributed by atoms with E-state index in [1.54, 1.807) is 10.9 Å². The average molecular weight is 825 g/mol. The standard InChI is InChI=1S/C23H16F7N5O2.C18H23N3O/c24-16-4-7-18(19(25)9-16)21(36,11-35-13-32-33-34-35)23(29,30)20-8-3-15(10-31-20)14-1-5-17(6-2-14)37-12-22(26,27)28;1-11-9-18(3,4)14-7-6-8-15(16(11)14)19-17(22)13-10-21(5)20-12(13)2/h1-10,13,36H,11-12H2;6-8,10-11H,9H2,1-5H3,(H,19,22). The van der Waals surface area contributed by atoms with E-state index >= 15 is 8.78 Å². The third-order valence-electron chi connectivity index (χ3n) is 10.0. The van der Waals surface area contributed by atoms with Gasteiger partial charge in [-0.2, -0.15) is 27.1 Å². The number of tetrazole rings is 1. The van der Waals surface area contributed by atoms with Crippen LogP contribution in [0.3, 0.4) is 0 Å². The van der Waals surface area contributed by atoms with E-state index in [2.05, 4.69) is 62.5 Å². The number of nitrogens with zero attached hydrogens (tertiary/aromatic N) is 7. The van der Waals surface area contributed by atoms with E-state index in [-0.39, 0.29) is 17.1 Å². The van der Waals surface area contributed by atoms with Crippen LogP contribution in [0.4, 0.5) is 36.4 Å². The van der Waals surface area contributed by atoms with Gasteiger partial charge in [-0.15, -0.1) is 5.10 Å². The average Bonchev–Trinajstić information content (AvgIpc) is 3.87. The zero-order valence-corrected chi connectivity index (χ0v) is 32.4. The van der Waals surface area contributed by atoms with Crippen molar-refractivity contribution in [2.75, 3.05) is 11.9 Å². The Kier molecular flexibility index (Phi) is 11.7. The molecule has 3 heterocycles. The summed E-state index contributed by atoms with van der Waals surface area (Å²) in [6, 6.07) is 15.5. The first kappa shape index (κ1) is 42.4. The molecular formula is C41H39F7N8O3. The summed E-state index contributed by atoms with van der Waals surface area (Å²) in [6.45, 7) is 6.16. The molecule has 2 N–H and O–H groups in total. The van der Waals surface area contributed by atoms with Gasteiger partial charge < -0.3 is 15.2 Å². The molecule has 0 saturated carbocycles. The van der Waals surface area contributed by atoms with E-state index in [0.717, 1.165) is 47.1 Å². The number of anilines is 1. The highest BCUT2D eigenvalue weighted by Crippen LogP contribution is 2.49. The predicted octanol–water partition coefficient (Wildman–Crippen LogP) is 8.40. The molecule has 0 fully saturated rings. The fraction of sp³-hybridized carbons (Fsp3) is 0.317. The number of rotatable bonds is 10. The van der Waals surface area contributed by atoms with Crippen LogP contribution in [0, 0.1) is 18.6 Å². The van der Waals surface area contributed by atoms with Crippen molar-refractivity contribution in [1.29, 1.82) is 0 Å². The summed E-state index contributed by atoms with van der Waals surface area (Å²) in [5, 5.41) is 28.6. The van der Waals surface area contributed by atoms with Crippen LogP contribution in [0.5, 0.6) is 5.75 Å². The second-order valence-electron chi connectivity index (χ2n) is 14.9. The summed E-state index contributed by atoms with van der Waals surface area (Å²) in [7, 11) is 1.83. The lowest BCUT2D eigenvalue weighted by Gasteiger charge is -2.35. The second-order valence-corrected chi connectivity index (χ2v) is 14.9. The van der Waals surface area contributed by atoms with Gasteiger partial charge in [0, 0.05) is 42.3 Å².